The van der Waals surface area contributed by atoms with Crippen molar-refractivity contribution in [3.05, 3.63) is 28.8 Å². The minimum absolute atomic E-state index is 0.109. The molecular formula is C18H25ClN2O5. The van der Waals surface area contributed by atoms with Crippen LogP contribution in [-0.2, 0) is 20.7 Å². The summed E-state index contributed by atoms with van der Waals surface area (Å²) < 4.78 is 10.5. The Bertz CT molecular complexity index is 653. The molecule has 1 aliphatic heterocycles. The molecule has 1 aromatic rings. The monoisotopic (exact) mass is 384 g/mol. The van der Waals surface area contributed by atoms with Crippen LogP contribution in [0.15, 0.2) is 18.2 Å². The van der Waals surface area contributed by atoms with E-state index < -0.39 is 23.7 Å². The zero-order valence-corrected chi connectivity index (χ0v) is 16.0. The molecule has 1 fully saturated rings. The van der Waals surface area contributed by atoms with Gasteiger partial charge >= 0.3 is 12.1 Å². The number of alkyl carbamates (subject to hydrolysis) is 1. The maximum Gasteiger partial charge on any atom is 0.408 e. The molecule has 1 aliphatic rings. The molecule has 1 atom stereocenters. The lowest BCUT2D eigenvalue weighted by Crippen LogP contribution is -2.44. The lowest BCUT2D eigenvalue weighted by Gasteiger charge is -2.29. The summed E-state index contributed by atoms with van der Waals surface area (Å²) in [5.41, 5.74) is 0.914. The first-order valence-corrected chi connectivity index (χ1v) is 8.87. The molecule has 144 valence electrons. The highest BCUT2D eigenvalue weighted by molar-refractivity contribution is 6.33. The Balaban J connectivity index is 2.05. The molecule has 0 spiro atoms. The van der Waals surface area contributed by atoms with E-state index in [1.807, 2.05) is 12.1 Å². The van der Waals surface area contributed by atoms with Crippen molar-refractivity contribution in [3.63, 3.8) is 0 Å². The Hall–Kier alpha value is -1.99. The van der Waals surface area contributed by atoms with Gasteiger partial charge in [-0.05, 0) is 38.5 Å². The predicted molar refractivity (Wildman–Crippen MR) is 99.0 cm³/mol. The molecule has 0 saturated carbocycles. The molecule has 1 saturated heterocycles. The Morgan fingerprint density at radius 3 is 2.54 bits per heavy atom. The first-order chi connectivity index (χ1) is 12.2. The van der Waals surface area contributed by atoms with Crippen LogP contribution in [0.3, 0.4) is 0 Å². The van der Waals surface area contributed by atoms with E-state index >= 15 is 0 Å². The van der Waals surface area contributed by atoms with E-state index in [1.165, 1.54) is 0 Å². The number of hydrogen-bond acceptors (Lipinski definition) is 5. The van der Waals surface area contributed by atoms with Gasteiger partial charge in [0.05, 0.1) is 23.9 Å². The number of anilines is 1. The zero-order valence-electron chi connectivity index (χ0n) is 15.3. The van der Waals surface area contributed by atoms with Crippen LogP contribution in [0, 0.1) is 0 Å². The van der Waals surface area contributed by atoms with E-state index in [1.54, 1.807) is 26.8 Å². The molecule has 26 heavy (non-hydrogen) atoms. The van der Waals surface area contributed by atoms with Crippen LogP contribution in [0.5, 0.6) is 0 Å². The number of rotatable bonds is 5. The van der Waals surface area contributed by atoms with Gasteiger partial charge in [0, 0.05) is 19.5 Å². The highest BCUT2D eigenvalue weighted by Gasteiger charge is 2.24. The highest BCUT2D eigenvalue weighted by Crippen LogP contribution is 2.28. The molecule has 0 bridgehead atoms. The molecule has 1 amide bonds. The number of aliphatic carboxylic acids is 1. The summed E-state index contributed by atoms with van der Waals surface area (Å²) in [6, 6.07) is 4.33. The average Bonchev–Trinajstić information content (AvgIpc) is 2.53. The minimum Gasteiger partial charge on any atom is -0.480 e. The number of carbonyl (C=O) groups excluding carboxylic acids is 1. The van der Waals surface area contributed by atoms with Gasteiger partial charge in [0.2, 0.25) is 0 Å². The summed E-state index contributed by atoms with van der Waals surface area (Å²) in [5, 5.41) is 12.3. The molecule has 0 aliphatic carbocycles. The maximum atomic E-state index is 11.9. The maximum absolute atomic E-state index is 11.9. The summed E-state index contributed by atoms with van der Waals surface area (Å²) in [6.45, 7) is 7.97. The Morgan fingerprint density at radius 2 is 2.00 bits per heavy atom. The topological polar surface area (TPSA) is 88.1 Å². The molecule has 2 rings (SSSR count). The number of morpholine rings is 1. The normalized spacial score (nSPS) is 16.1. The second kappa shape index (κ2) is 8.60. The van der Waals surface area contributed by atoms with E-state index in [2.05, 4.69) is 10.2 Å². The number of carbonyl (C=O) groups is 2. The average molecular weight is 385 g/mol. The van der Waals surface area contributed by atoms with Crippen LogP contribution in [0.25, 0.3) is 0 Å². The molecule has 7 nitrogen and oxygen atoms in total. The number of amides is 1. The van der Waals surface area contributed by atoms with Gasteiger partial charge in [-0.2, -0.15) is 0 Å². The Labute approximate surface area is 158 Å². The second-order valence-electron chi connectivity index (χ2n) is 7.13. The van der Waals surface area contributed by atoms with Crippen LogP contribution in [0.2, 0.25) is 5.02 Å². The lowest BCUT2D eigenvalue weighted by atomic mass is 10.1. The van der Waals surface area contributed by atoms with Crippen molar-refractivity contribution >= 4 is 29.4 Å². The number of carboxylic acids is 1. The standard InChI is InChI=1S/C18H25ClN2O5/c1-18(2,3)26-17(24)20-14(16(22)23)11-12-4-5-15(13(19)10-12)21-6-8-25-9-7-21/h4-5,10,14H,6-9,11H2,1-3H3,(H,20,24)(H,22,23). The van der Waals surface area contributed by atoms with Crippen LogP contribution >= 0.6 is 11.6 Å². The number of carboxylic acid groups (broad SMARTS) is 1. The number of hydrogen-bond donors (Lipinski definition) is 2. The first kappa shape index (κ1) is 20.3. The number of nitrogens with zero attached hydrogens (tertiary/aromatic N) is 1. The zero-order chi connectivity index (χ0) is 19.3. The van der Waals surface area contributed by atoms with Crippen LogP contribution < -0.4 is 10.2 Å². The van der Waals surface area contributed by atoms with Crippen molar-refractivity contribution < 1.29 is 24.2 Å². The number of ether oxygens (including phenoxy) is 2. The Morgan fingerprint density at radius 1 is 1.35 bits per heavy atom. The van der Waals surface area contributed by atoms with Gasteiger partial charge in [0.25, 0.3) is 0 Å². The molecule has 1 unspecified atom stereocenters. The van der Waals surface area contributed by atoms with Gasteiger partial charge in [-0.15, -0.1) is 0 Å². The van der Waals surface area contributed by atoms with E-state index in [4.69, 9.17) is 21.1 Å². The number of halogens is 1. The van der Waals surface area contributed by atoms with Crippen molar-refractivity contribution in [1.29, 1.82) is 0 Å². The molecular weight excluding hydrogens is 360 g/mol. The molecule has 8 heteroatoms. The van der Waals surface area contributed by atoms with Crippen LogP contribution in [0.4, 0.5) is 10.5 Å². The summed E-state index contributed by atoms with van der Waals surface area (Å²) >= 11 is 6.38. The van der Waals surface area contributed by atoms with Crippen LogP contribution in [-0.4, -0.2) is 55.1 Å². The van der Waals surface area contributed by atoms with Crippen molar-refractivity contribution in [3.8, 4) is 0 Å². The molecule has 0 aromatic heterocycles. The Kier molecular flexibility index (Phi) is 6.72. The van der Waals surface area contributed by atoms with E-state index in [0.717, 1.165) is 24.3 Å². The van der Waals surface area contributed by atoms with Crippen molar-refractivity contribution in [2.75, 3.05) is 31.2 Å². The van der Waals surface area contributed by atoms with Gasteiger partial charge in [-0.1, -0.05) is 17.7 Å². The van der Waals surface area contributed by atoms with Crippen LogP contribution in [0.1, 0.15) is 26.3 Å². The number of nitrogens with one attached hydrogen (secondary N) is 1. The van der Waals surface area contributed by atoms with Gasteiger partial charge in [0.15, 0.2) is 0 Å². The number of benzene rings is 1. The largest absolute Gasteiger partial charge is 0.480 e. The van der Waals surface area contributed by atoms with E-state index in [9.17, 15) is 14.7 Å². The molecule has 0 radical (unpaired) electrons. The fourth-order valence-electron chi connectivity index (χ4n) is 2.62. The summed E-state index contributed by atoms with van der Waals surface area (Å²) in [6.07, 6.45) is -0.654. The van der Waals surface area contributed by atoms with Crippen molar-refractivity contribution in [1.82, 2.24) is 5.32 Å². The quantitative estimate of drug-likeness (QED) is 0.811. The van der Waals surface area contributed by atoms with E-state index in [-0.39, 0.29) is 6.42 Å². The molecule has 2 N–H and O–H groups in total. The SMILES string of the molecule is CC(C)(C)OC(=O)NC(Cc1ccc(N2CCOCC2)c(Cl)c1)C(=O)O. The van der Waals surface area contributed by atoms with Gasteiger partial charge in [-0.25, -0.2) is 9.59 Å². The van der Waals surface area contributed by atoms with E-state index in [0.29, 0.717) is 18.2 Å². The van der Waals surface area contributed by atoms with Gasteiger partial charge in [0.1, 0.15) is 11.6 Å². The first-order valence-electron chi connectivity index (χ1n) is 8.49. The lowest BCUT2D eigenvalue weighted by molar-refractivity contribution is -0.139. The third kappa shape index (κ3) is 6.07. The third-order valence-corrected chi connectivity index (χ3v) is 4.10. The highest BCUT2D eigenvalue weighted by atomic mass is 35.5. The fourth-order valence-corrected chi connectivity index (χ4v) is 2.95. The van der Waals surface area contributed by atoms with Gasteiger partial charge < -0.3 is 24.8 Å². The minimum atomic E-state index is -1.13. The molecule has 1 heterocycles. The van der Waals surface area contributed by atoms with Crippen molar-refractivity contribution in [2.24, 2.45) is 0 Å². The second-order valence-corrected chi connectivity index (χ2v) is 7.53. The van der Waals surface area contributed by atoms with Crippen molar-refractivity contribution in [2.45, 2.75) is 38.8 Å². The fraction of sp³-hybridized carbons (Fsp3) is 0.556. The summed E-state index contributed by atoms with van der Waals surface area (Å²) in [5.74, 6) is -1.13. The predicted octanol–water partition coefficient (Wildman–Crippen LogP) is 2.70. The summed E-state index contributed by atoms with van der Waals surface area (Å²) in [4.78, 5) is 25.5. The summed E-state index contributed by atoms with van der Waals surface area (Å²) in [7, 11) is 0. The smallest absolute Gasteiger partial charge is 0.408 e. The molecule has 1 aromatic carbocycles. The van der Waals surface area contributed by atoms with Gasteiger partial charge in [-0.3, -0.25) is 0 Å². The third-order valence-electron chi connectivity index (χ3n) is 3.79.